The van der Waals surface area contributed by atoms with Crippen molar-refractivity contribution in [1.29, 1.82) is 0 Å². The van der Waals surface area contributed by atoms with Gasteiger partial charge in [-0.05, 0) is 56.4 Å². The zero-order chi connectivity index (χ0) is 26.7. The van der Waals surface area contributed by atoms with Gasteiger partial charge < -0.3 is 19.5 Å². The number of H-pyrrole nitrogens is 1. The number of ether oxygens (including phenoxy) is 1. The summed E-state index contributed by atoms with van der Waals surface area (Å²) in [4.78, 5) is 28.8. The van der Waals surface area contributed by atoms with E-state index in [2.05, 4.69) is 49.2 Å². The van der Waals surface area contributed by atoms with Crippen molar-refractivity contribution in [2.24, 2.45) is 5.92 Å². The van der Waals surface area contributed by atoms with Crippen molar-refractivity contribution in [1.82, 2.24) is 14.8 Å². The third-order valence-electron chi connectivity index (χ3n) is 6.58. The summed E-state index contributed by atoms with van der Waals surface area (Å²) in [6, 6.07) is 28.5. The average Bonchev–Trinajstić information content (AvgIpc) is 3.69. The Balaban J connectivity index is 0.000000142. The van der Waals surface area contributed by atoms with Crippen LogP contribution in [0.1, 0.15) is 29.7 Å². The molecule has 0 radical (unpaired) electrons. The average molecular weight is 512 g/mol. The number of nitrogens with zero attached hydrogens (tertiary/aromatic N) is 2. The molecule has 0 spiro atoms. The summed E-state index contributed by atoms with van der Waals surface area (Å²) >= 11 is 0. The van der Waals surface area contributed by atoms with Gasteiger partial charge in [0.05, 0.1) is 13.2 Å². The van der Waals surface area contributed by atoms with E-state index in [1.165, 1.54) is 39.9 Å². The van der Waals surface area contributed by atoms with Crippen LogP contribution in [0.2, 0.25) is 0 Å². The molecule has 2 heterocycles. The lowest BCUT2D eigenvalue weighted by molar-refractivity contribution is -0.140. The Morgan fingerprint density at radius 1 is 0.921 bits per heavy atom. The van der Waals surface area contributed by atoms with Gasteiger partial charge in [0.25, 0.3) is 0 Å². The third-order valence-corrected chi connectivity index (χ3v) is 6.58. The highest BCUT2D eigenvalue weighted by atomic mass is 16.5. The molecule has 0 bridgehead atoms. The van der Waals surface area contributed by atoms with Crippen LogP contribution in [-0.4, -0.2) is 53.3 Å². The second-order valence-corrected chi connectivity index (χ2v) is 9.96. The monoisotopic (exact) mass is 511 g/mol. The van der Waals surface area contributed by atoms with Crippen LogP contribution in [0.4, 0.5) is 0 Å². The molecule has 6 heteroatoms. The molecule has 1 aromatic heterocycles. The smallest absolute Gasteiger partial charge is 0.242 e. The standard InChI is InChI=1S/C13H15NO.C12H14N2O2.C7H8/c1-9-7-11-12(14-9)3-2-4-13(11)15-8-10-5-6-10;15-10-13-6-7-14(12(16)9-13)8-11-4-2-1-3-5-11;1-7-5-3-2-4-6-7/h2-4,7,10,14H,5-6,8H2,1H3;1-5,10H,6-9H2;2-6H,1H3. The van der Waals surface area contributed by atoms with Crippen LogP contribution in [0.25, 0.3) is 10.9 Å². The molecule has 6 rings (SSSR count). The molecule has 0 unspecified atom stereocenters. The zero-order valence-corrected chi connectivity index (χ0v) is 22.3. The minimum absolute atomic E-state index is 0.0159. The highest BCUT2D eigenvalue weighted by molar-refractivity contribution is 5.86. The van der Waals surface area contributed by atoms with Crippen LogP contribution in [0.15, 0.2) is 84.9 Å². The highest BCUT2D eigenvalue weighted by Gasteiger charge is 2.23. The van der Waals surface area contributed by atoms with E-state index in [0.717, 1.165) is 30.2 Å². The fraction of sp³-hybridized carbons (Fsp3) is 0.312. The van der Waals surface area contributed by atoms with E-state index in [0.29, 0.717) is 19.6 Å². The Morgan fingerprint density at radius 3 is 2.24 bits per heavy atom. The van der Waals surface area contributed by atoms with Gasteiger partial charge in [-0.15, -0.1) is 0 Å². The van der Waals surface area contributed by atoms with Gasteiger partial charge in [-0.25, -0.2) is 0 Å². The first-order chi connectivity index (χ1) is 18.5. The number of piperazine rings is 1. The van der Waals surface area contributed by atoms with E-state index in [4.69, 9.17) is 4.74 Å². The van der Waals surface area contributed by atoms with Crippen molar-refractivity contribution in [3.63, 3.8) is 0 Å². The Bertz CT molecular complexity index is 1300. The minimum atomic E-state index is 0.0159. The first-order valence-corrected chi connectivity index (χ1v) is 13.3. The topological polar surface area (TPSA) is 65.6 Å². The van der Waals surface area contributed by atoms with Gasteiger partial charge in [0.15, 0.2) is 0 Å². The molecule has 0 atom stereocenters. The lowest BCUT2D eigenvalue weighted by Gasteiger charge is -2.32. The van der Waals surface area contributed by atoms with E-state index >= 15 is 0 Å². The van der Waals surface area contributed by atoms with Gasteiger partial charge >= 0.3 is 0 Å². The molecule has 198 valence electrons. The number of rotatable bonds is 6. The summed E-state index contributed by atoms with van der Waals surface area (Å²) in [5, 5.41) is 1.20. The molecule has 6 nitrogen and oxygen atoms in total. The van der Waals surface area contributed by atoms with Gasteiger partial charge in [-0.2, -0.15) is 0 Å². The number of hydrogen-bond acceptors (Lipinski definition) is 3. The molecule has 3 aromatic carbocycles. The van der Waals surface area contributed by atoms with Gasteiger partial charge in [0.1, 0.15) is 5.75 Å². The first-order valence-electron chi connectivity index (χ1n) is 13.3. The lowest BCUT2D eigenvalue weighted by Crippen LogP contribution is -2.49. The third kappa shape index (κ3) is 8.23. The van der Waals surface area contributed by atoms with Crippen LogP contribution in [0.5, 0.6) is 5.75 Å². The molecule has 1 saturated carbocycles. The number of amides is 2. The number of carbonyl (C=O) groups excluding carboxylic acids is 2. The Labute approximate surface area is 225 Å². The molecule has 1 aliphatic heterocycles. The molecule has 2 amide bonds. The van der Waals surface area contributed by atoms with E-state index in [1.807, 2.05) is 54.6 Å². The Hall–Kier alpha value is -4.06. The molecular weight excluding hydrogens is 474 g/mol. The normalized spacial score (nSPS) is 14.7. The minimum Gasteiger partial charge on any atom is -0.493 e. The van der Waals surface area contributed by atoms with Crippen LogP contribution in [0.3, 0.4) is 0 Å². The number of benzene rings is 3. The summed E-state index contributed by atoms with van der Waals surface area (Å²) in [5.74, 6) is 1.84. The number of fused-ring (bicyclic) bond motifs is 1. The molecule has 2 aliphatic rings. The summed E-state index contributed by atoms with van der Waals surface area (Å²) in [6.45, 7) is 7.12. The van der Waals surface area contributed by atoms with Crippen molar-refractivity contribution >= 4 is 23.2 Å². The predicted octanol–water partition coefficient (Wildman–Crippen LogP) is 5.75. The zero-order valence-electron chi connectivity index (χ0n) is 22.3. The number of carbonyl (C=O) groups is 2. The van der Waals surface area contributed by atoms with Gasteiger partial charge in [0.2, 0.25) is 12.3 Å². The Kier molecular flexibility index (Phi) is 9.57. The molecule has 1 saturated heterocycles. The number of aromatic amines is 1. The van der Waals surface area contributed by atoms with Crippen molar-refractivity contribution in [3.05, 3.63) is 102 Å². The Morgan fingerprint density at radius 2 is 1.63 bits per heavy atom. The second kappa shape index (κ2) is 13.5. The highest BCUT2D eigenvalue weighted by Crippen LogP contribution is 2.32. The number of hydrogen-bond donors (Lipinski definition) is 1. The summed E-state index contributed by atoms with van der Waals surface area (Å²) in [5.41, 5.74) is 4.80. The lowest BCUT2D eigenvalue weighted by atomic mass is 10.2. The quantitative estimate of drug-likeness (QED) is 0.335. The van der Waals surface area contributed by atoms with Gasteiger partial charge in [-0.3, -0.25) is 9.59 Å². The maximum atomic E-state index is 11.7. The van der Waals surface area contributed by atoms with E-state index < -0.39 is 0 Å². The van der Waals surface area contributed by atoms with Gasteiger partial charge in [0, 0.05) is 36.2 Å². The van der Waals surface area contributed by atoms with Crippen molar-refractivity contribution < 1.29 is 14.3 Å². The van der Waals surface area contributed by atoms with Crippen LogP contribution >= 0.6 is 0 Å². The van der Waals surface area contributed by atoms with Gasteiger partial charge in [-0.1, -0.05) is 72.3 Å². The van der Waals surface area contributed by atoms with E-state index in [-0.39, 0.29) is 12.5 Å². The van der Waals surface area contributed by atoms with E-state index in [9.17, 15) is 9.59 Å². The van der Waals surface area contributed by atoms with Crippen LogP contribution < -0.4 is 4.74 Å². The fourth-order valence-electron chi connectivity index (χ4n) is 4.21. The summed E-state index contributed by atoms with van der Waals surface area (Å²) in [6.07, 6.45) is 3.40. The SMILES string of the molecule is Cc1cc2c(OCC3CC3)cccc2[nH]1.Cc1ccccc1.O=CN1CCN(Cc2ccccc2)C(=O)C1. The second-order valence-electron chi connectivity index (χ2n) is 9.96. The van der Waals surface area contributed by atoms with Crippen molar-refractivity contribution in [3.8, 4) is 5.75 Å². The molecule has 1 aliphatic carbocycles. The van der Waals surface area contributed by atoms with Crippen molar-refractivity contribution in [2.45, 2.75) is 33.2 Å². The summed E-state index contributed by atoms with van der Waals surface area (Å²) in [7, 11) is 0. The molecule has 2 fully saturated rings. The fourth-order valence-corrected chi connectivity index (χ4v) is 4.21. The molecule has 1 N–H and O–H groups in total. The van der Waals surface area contributed by atoms with Crippen molar-refractivity contribution in [2.75, 3.05) is 26.2 Å². The largest absolute Gasteiger partial charge is 0.493 e. The number of aromatic nitrogens is 1. The summed E-state index contributed by atoms with van der Waals surface area (Å²) < 4.78 is 5.84. The molecular formula is C32H37N3O3. The maximum Gasteiger partial charge on any atom is 0.242 e. The first kappa shape index (κ1) is 27.0. The number of nitrogens with one attached hydrogen (secondary N) is 1. The molecule has 38 heavy (non-hydrogen) atoms. The van der Waals surface area contributed by atoms with E-state index in [1.54, 1.807) is 4.90 Å². The number of aryl methyl sites for hydroxylation is 2. The predicted molar refractivity (Wildman–Crippen MR) is 152 cm³/mol. The van der Waals surface area contributed by atoms with Crippen LogP contribution in [0, 0.1) is 19.8 Å². The maximum absolute atomic E-state index is 11.7. The molecule has 4 aromatic rings. The van der Waals surface area contributed by atoms with Crippen LogP contribution in [-0.2, 0) is 16.1 Å².